The highest BCUT2D eigenvalue weighted by atomic mass is 35.5. The fourth-order valence-corrected chi connectivity index (χ4v) is 2.54. The second-order valence-electron chi connectivity index (χ2n) is 4.87. The zero-order valence-electron chi connectivity index (χ0n) is 12.6. The maximum atomic E-state index is 12.2. The average molecular weight is 327 g/mol. The van der Waals surface area contributed by atoms with Gasteiger partial charge in [-0.15, -0.1) is 0 Å². The number of carbonyl (C=O) groups is 1. The molecule has 0 unspecified atom stereocenters. The van der Waals surface area contributed by atoms with Gasteiger partial charge in [0.1, 0.15) is 0 Å². The predicted octanol–water partition coefficient (Wildman–Crippen LogP) is 4.37. The molecule has 23 heavy (non-hydrogen) atoms. The van der Waals surface area contributed by atoms with Crippen LogP contribution in [0.4, 0.5) is 0 Å². The van der Waals surface area contributed by atoms with E-state index in [4.69, 9.17) is 16.3 Å². The standard InChI is InChI=1S/C18H15ClN2O2/c1-2-23-18(22)17-14(13-8-4-3-5-9-13)12-21(20-17)16-11-7-6-10-15(16)19/h3-12H,2H2,1H3. The number of rotatable bonds is 4. The Balaban J connectivity index is 2.14. The highest BCUT2D eigenvalue weighted by Crippen LogP contribution is 2.27. The van der Waals surface area contributed by atoms with Crippen molar-refractivity contribution in [2.24, 2.45) is 0 Å². The van der Waals surface area contributed by atoms with Gasteiger partial charge in [-0.25, -0.2) is 9.48 Å². The zero-order chi connectivity index (χ0) is 16.2. The molecule has 0 N–H and O–H groups in total. The number of hydrogen-bond donors (Lipinski definition) is 0. The Morgan fingerprint density at radius 1 is 1.13 bits per heavy atom. The molecule has 0 aliphatic carbocycles. The van der Waals surface area contributed by atoms with Crippen LogP contribution in [-0.4, -0.2) is 22.4 Å². The van der Waals surface area contributed by atoms with E-state index in [1.54, 1.807) is 23.9 Å². The molecule has 4 nitrogen and oxygen atoms in total. The molecule has 0 spiro atoms. The number of hydrogen-bond acceptors (Lipinski definition) is 3. The number of benzene rings is 2. The Labute approximate surface area is 139 Å². The fourth-order valence-electron chi connectivity index (χ4n) is 2.31. The molecule has 0 saturated carbocycles. The molecular weight excluding hydrogens is 312 g/mol. The van der Waals surface area contributed by atoms with Crippen molar-refractivity contribution >= 4 is 17.6 Å². The van der Waals surface area contributed by atoms with Gasteiger partial charge < -0.3 is 4.74 Å². The topological polar surface area (TPSA) is 44.1 Å². The van der Waals surface area contributed by atoms with Gasteiger partial charge in [0.25, 0.3) is 0 Å². The first-order valence-electron chi connectivity index (χ1n) is 7.28. The minimum absolute atomic E-state index is 0.276. The second kappa shape index (κ2) is 6.67. The molecule has 0 aliphatic rings. The molecule has 0 atom stereocenters. The Morgan fingerprint density at radius 3 is 2.52 bits per heavy atom. The average Bonchev–Trinajstić information content (AvgIpc) is 3.01. The SMILES string of the molecule is CCOC(=O)c1nn(-c2ccccc2Cl)cc1-c1ccccc1. The second-order valence-corrected chi connectivity index (χ2v) is 5.28. The first-order chi connectivity index (χ1) is 11.2. The molecule has 116 valence electrons. The van der Waals surface area contributed by atoms with Crippen molar-refractivity contribution in [1.29, 1.82) is 0 Å². The normalized spacial score (nSPS) is 10.5. The molecule has 1 heterocycles. The zero-order valence-corrected chi connectivity index (χ0v) is 13.3. The summed E-state index contributed by atoms with van der Waals surface area (Å²) >= 11 is 6.23. The summed E-state index contributed by atoms with van der Waals surface area (Å²) in [7, 11) is 0. The van der Waals surface area contributed by atoms with Crippen LogP contribution >= 0.6 is 11.6 Å². The molecule has 0 amide bonds. The fraction of sp³-hybridized carbons (Fsp3) is 0.111. The van der Waals surface area contributed by atoms with Gasteiger partial charge in [-0.2, -0.15) is 5.10 Å². The van der Waals surface area contributed by atoms with E-state index in [9.17, 15) is 4.79 Å². The molecule has 1 aromatic heterocycles. The van der Waals surface area contributed by atoms with E-state index in [1.165, 1.54) is 0 Å². The van der Waals surface area contributed by atoms with Gasteiger partial charge in [-0.3, -0.25) is 0 Å². The summed E-state index contributed by atoms with van der Waals surface area (Å²) in [4.78, 5) is 12.2. The highest BCUT2D eigenvalue weighted by molar-refractivity contribution is 6.32. The summed E-state index contributed by atoms with van der Waals surface area (Å²) in [6.45, 7) is 2.07. The van der Waals surface area contributed by atoms with Crippen molar-refractivity contribution in [1.82, 2.24) is 9.78 Å². The van der Waals surface area contributed by atoms with Gasteiger partial charge >= 0.3 is 5.97 Å². The lowest BCUT2D eigenvalue weighted by Gasteiger charge is -2.03. The summed E-state index contributed by atoms with van der Waals surface area (Å²) in [6.07, 6.45) is 1.79. The largest absolute Gasteiger partial charge is 0.461 e. The Bertz CT molecular complexity index is 828. The predicted molar refractivity (Wildman–Crippen MR) is 90.0 cm³/mol. The number of esters is 1. The van der Waals surface area contributed by atoms with E-state index in [2.05, 4.69) is 5.10 Å². The van der Waals surface area contributed by atoms with E-state index in [0.717, 1.165) is 5.56 Å². The Morgan fingerprint density at radius 2 is 1.83 bits per heavy atom. The van der Waals surface area contributed by atoms with Crippen molar-refractivity contribution in [2.45, 2.75) is 6.92 Å². The lowest BCUT2D eigenvalue weighted by atomic mass is 10.1. The van der Waals surface area contributed by atoms with Crippen LogP contribution in [0.25, 0.3) is 16.8 Å². The monoisotopic (exact) mass is 326 g/mol. The first kappa shape index (κ1) is 15.3. The number of halogens is 1. The molecule has 5 heteroatoms. The van der Waals surface area contributed by atoms with Gasteiger partial charge in [0.2, 0.25) is 0 Å². The van der Waals surface area contributed by atoms with Crippen molar-refractivity contribution in [3.05, 3.63) is 71.5 Å². The third-order valence-corrected chi connectivity index (χ3v) is 3.69. The first-order valence-corrected chi connectivity index (χ1v) is 7.65. The van der Waals surface area contributed by atoms with Crippen molar-refractivity contribution in [3.8, 4) is 16.8 Å². The third kappa shape index (κ3) is 3.12. The van der Waals surface area contributed by atoms with E-state index >= 15 is 0 Å². The van der Waals surface area contributed by atoms with E-state index in [0.29, 0.717) is 22.9 Å². The smallest absolute Gasteiger partial charge is 0.359 e. The van der Waals surface area contributed by atoms with E-state index in [-0.39, 0.29) is 5.69 Å². The van der Waals surface area contributed by atoms with Gasteiger partial charge in [0.05, 0.1) is 17.3 Å². The van der Waals surface area contributed by atoms with Crippen molar-refractivity contribution < 1.29 is 9.53 Å². The molecule has 0 fully saturated rings. The summed E-state index contributed by atoms with van der Waals surface area (Å²) < 4.78 is 6.73. The highest BCUT2D eigenvalue weighted by Gasteiger charge is 2.20. The van der Waals surface area contributed by atoms with E-state index < -0.39 is 5.97 Å². The summed E-state index contributed by atoms with van der Waals surface area (Å²) in [5, 5.41) is 4.95. The van der Waals surface area contributed by atoms with Gasteiger partial charge in [-0.05, 0) is 24.6 Å². The summed E-state index contributed by atoms with van der Waals surface area (Å²) in [5.41, 5.74) is 2.60. The molecule has 0 saturated heterocycles. The van der Waals surface area contributed by atoms with Gasteiger partial charge in [0, 0.05) is 11.8 Å². The van der Waals surface area contributed by atoms with Gasteiger partial charge in [0.15, 0.2) is 5.69 Å². The number of para-hydroxylation sites is 1. The number of nitrogens with zero attached hydrogens (tertiary/aromatic N) is 2. The molecule has 0 aliphatic heterocycles. The summed E-state index contributed by atoms with van der Waals surface area (Å²) in [5.74, 6) is -0.447. The molecule has 2 aromatic carbocycles. The summed E-state index contributed by atoms with van der Waals surface area (Å²) in [6, 6.07) is 17.0. The van der Waals surface area contributed by atoms with Crippen LogP contribution in [0.3, 0.4) is 0 Å². The van der Waals surface area contributed by atoms with Crippen molar-refractivity contribution in [2.75, 3.05) is 6.61 Å². The lowest BCUT2D eigenvalue weighted by molar-refractivity contribution is 0.0520. The van der Waals surface area contributed by atoms with Crippen LogP contribution in [0.1, 0.15) is 17.4 Å². The molecular formula is C18H15ClN2O2. The van der Waals surface area contributed by atoms with Crippen LogP contribution in [0.5, 0.6) is 0 Å². The maximum absolute atomic E-state index is 12.2. The maximum Gasteiger partial charge on any atom is 0.359 e. The quantitative estimate of drug-likeness (QED) is 0.669. The molecule has 3 rings (SSSR count). The lowest BCUT2D eigenvalue weighted by Crippen LogP contribution is -2.07. The minimum atomic E-state index is -0.447. The Hall–Kier alpha value is -2.59. The molecule has 3 aromatic rings. The molecule has 0 bridgehead atoms. The van der Waals surface area contributed by atoms with Crippen LogP contribution in [0, 0.1) is 0 Å². The van der Waals surface area contributed by atoms with E-state index in [1.807, 2.05) is 48.5 Å². The molecule has 0 radical (unpaired) electrons. The van der Waals surface area contributed by atoms with Gasteiger partial charge in [-0.1, -0.05) is 54.1 Å². The number of carbonyl (C=O) groups excluding carboxylic acids is 1. The number of ether oxygens (including phenoxy) is 1. The van der Waals surface area contributed by atoms with Crippen LogP contribution in [0.15, 0.2) is 60.8 Å². The Kier molecular flexibility index (Phi) is 4.44. The van der Waals surface area contributed by atoms with Crippen molar-refractivity contribution in [3.63, 3.8) is 0 Å². The third-order valence-electron chi connectivity index (χ3n) is 3.37. The van der Waals surface area contributed by atoms with Crippen LogP contribution < -0.4 is 0 Å². The number of aromatic nitrogens is 2. The van der Waals surface area contributed by atoms with Crippen LogP contribution in [-0.2, 0) is 4.74 Å². The van der Waals surface area contributed by atoms with Crippen LogP contribution in [0.2, 0.25) is 5.02 Å². The minimum Gasteiger partial charge on any atom is -0.461 e.